The maximum absolute atomic E-state index is 12.8. The Morgan fingerprint density at radius 1 is 0.940 bits per heavy atom. The van der Waals surface area contributed by atoms with Gasteiger partial charge in [0.1, 0.15) is 36.4 Å². The monoisotopic (exact) mass is 703 g/mol. The molecule has 3 atom stereocenters. The normalized spacial score (nSPS) is 23.6. The van der Waals surface area contributed by atoms with Crippen molar-refractivity contribution in [3.63, 3.8) is 0 Å². The summed E-state index contributed by atoms with van der Waals surface area (Å²) in [6.45, 7) is 4.67. The number of fused-ring (bicyclic) bond motifs is 1. The first-order valence-corrected chi connectivity index (χ1v) is 17.8. The molecule has 0 aromatic heterocycles. The van der Waals surface area contributed by atoms with E-state index < -0.39 is 18.4 Å². The highest BCUT2D eigenvalue weighted by Gasteiger charge is 2.40. The van der Waals surface area contributed by atoms with E-state index in [1.807, 2.05) is 42.5 Å². The second-order valence-electron chi connectivity index (χ2n) is 12.8. The van der Waals surface area contributed by atoms with E-state index in [0.29, 0.717) is 52.2 Å². The summed E-state index contributed by atoms with van der Waals surface area (Å²) in [5.41, 5.74) is 2.07. The molecule has 3 aliphatic rings. The fourth-order valence-electron chi connectivity index (χ4n) is 6.56. The molecule has 5 rings (SSSR count). The van der Waals surface area contributed by atoms with Crippen molar-refractivity contribution in [2.24, 2.45) is 0 Å². The van der Waals surface area contributed by atoms with Crippen LogP contribution in [0, 0.1) is 0 Å². The van der Waals surface area contributed by atoms with Crippen molar-refractivity contribution in [3.8, 4) is 11.5 Å². The number of rotatable bonds is 19. The van der Waals surface area contributed by atoms with Crippen molar-refractivity contribution >= 4 is 11.8 Å². The van der Waals surface area contributed by atoms with E-state index in [4.69, 9.17) is 43.6 Å². The highest BCUT2D eigenvalue weighted by atomic mass is 17.1. The molecule has 278 valence electrons. The molecule has 2 aliphatic heterocycles. The molecule has 50 heavy (non-hydrogen) atoms. The third kappa shape index (κ3) is 12.2. The van der Waals surface area contributed by atoms with Crippen molar-refractivity contribution in [3.05, 3.63) is 54.1 Å². The summed E-state index contributed by atoms with van der Waals surface area (Å²) in [5, 5.41) is 20.3. The van der Waals surface area contributed by atoms with Gasteiger partial charge in [0, 0.05) is 33.4 Å². The predicted molar refractivity (Wildman–Crippen MR) is 182 cm³/mol. The SMILES string of the molecule is COCCCN1CCOc2ccc(COC3CNCC(OC(=O)OCCCCCON(O)O)C3OC3CCC(Oc4ccccc4)CC3)cc21. The molecule has 0 spiro atoms. The number of unbranched alkanes of at least 4 members (excludes halogenated alkanes) is 2. The molecule has 2 heterocycles. The molecule has 0 amide bonds. The molecule has 2 aromatic carbocycles. The van der Waals surface area contributed by atoms with Crippen LogP contribution in [0.25, 0.3) is 0 Å². The van der Waals surface area contributed by atoms with Crippen molar-refractivity contribution in [2.75, 3.05) is 64.6 Å². The standard InChI is InChI=1S/C36H53N3O11/c1-43-19-8-17-38-18-22-44-32-16-11-27(23-31(32)38)26-46-33-24-37-25-34(50-36(40)45-20-6-3-7-21-47-39(41)42)35(33)49-30-14-12-29(13-15-30)48-28-9-4-2-5-10-28/h2,4-5,9-11,16,23,29-30,33-35,37,41-42H,3,6-8,12-15,17-22,24-26H2,1H3. The zero-order valence-electron chi connectivity index (χ0n) is 29.0. The van der Waals surface area contributed by atoms with Gasteiger partial charge in [-0.15, -0.1) is 0 Å². The summed E-state index contributed by atoms with van der Waals surface area (Å²) in [4.78, 5) is 19.7. The first-order chi connectivity index (χ1) is 24.5. The van der Waals surface area contributed by atoms with E-state index in [9.17, 15) is 4.79 Å². The van der Waals surface area contributed by atoms with Gasteiger partial charge in [0.05, 0.1) is 49.7 Å². The minimum Gasteiger partial charge on any atom is -0.490 e. The van der Waals surface area contributed by atoms with Crippen LogP contribution in [0.1, 0.15) is 56.9 Å². The fourth-order valence-corrected chi connectivity index (χ4v) is 6.56. The van der Waals surface area contributed by atoms with Gasteiger partial charge in [-0.3, -0.25) is 15.3 Å². The molecule has 1 saturated carbocycles. The third-order valence-electron chi connectivity index (χ3n) is 9.13. The van der Waals surface area contributed by atoms with E-state index in [0.717, 1.165) is 67.9 Å². The van der Waals surface area contributed by atoms with E-state index in [1.54, 1.807) is 7.11 Å². The van der Waals surface area contributed by atoms with Gasteiger partial charge >= 0.3 is 6.16 Å². The van der Waals surface area contributed by atoms with E-state index in [1.165, 1.54) is 0 Å². The van der Waals surface area contributed by atoms with E-state index in [2.05, 4.69) is 21.1 Å². The number of nitrogens with zero attached hydrogens (tertiary/aromatic N) is 2. The molecular weight excluding hydrogens is 650 g/mol. The number of anilines is 1. The topological polar surface area (TPSA) is 150 Å². The number of nitrogens with one attached hydrogen (secondary N) is 1. The van der Waals surface area contributed by atoms with Crippen LogP contribution in [-0.2, 0) is 35.1 Å². The Bertz CT molecular complexity index is 1270. The summed E-state index contributed by atoms with van der Waals surface area (Å²) in [5.74, 6) is 1.74. The Kier molecular flexibility index (Phi) is 15.7. The summed E-state index contributed by atoms with van der Waals surface area (Å²) < 4.78 is 41.9. The average molecular weight is 704 g/mol. The van der Waals surface area contributed by atoms with Crippen LogP contribution in [-0.4, -0.2) is 112 Å². The van der Waals surface area contributed by atoms with Gasteiger partial charge in [-0.05, 0) is 81.2 Å². The highest BCUT2D eigenvalue weighted by molar-refractivity contribution is 5.61. The predicted octanol–water partition coefficient (Wildman–Crippen LogP) is 4.89. The first kappa shape index (κ1) is 38.0. The minimum atomic E-state index is -0.762. The maximum Gasteiger partial charge on any atom is 0.508 e. The number of hydrogen-bond donors (Lipinski definition) is 3. The Labute approximate surface area is 294 Å². The zero-order chi connectivity index (χ0) is 35.0. The minimum absolute atomic E-state index is 0.0283. The van der Waals surface area contributed by atoms with Gasteiger partial charge in [0.15, 0.2) is 0 Å². The largest absolute Gasteiger partial charge is 0.508 e. The molecule has 2 fully saturated rings. The number of ether oxygens (including phenoxy) is 7. The lowest BCUT2D eigenvalue weighted by Gasteiger charge is -2.40. The maximum atomic E-state index is 12.8. The van der Waals surface area contributed by atoms with Crippen LogP contribution in [0.15, 0.2) is 48.5 Å². The quantitative estimate of drug-likeness (QED) is 0.104. The lowest BCUT2D eigenvalue weighted by molar-refractivity contribution is -0.492. The van der Waals surface area contributed by atoms with Crippen LogP contribution < -0.4 is 19.7 Å². The highest BCUT2D eigenvalue weighted by Crippen LogP contribution is 2.34. The Hall–Kier alpha value is -3.21. The number of carbonyl (C=O) groups excluding carboxylic acids is 1. The number of hydrogen-bond acceptors (Lipinski definition) is 14. The molecule has 2 aromatic rings. The molecule has 0 bridgehead atoms. The number of carbonyl (C=O) groups is 1. The van der Waals surface area contributed by atoms with Crippen LogP contribution in [0.4, 0.5) is 10.5 Å². The molecule has 1 aliphatic carbocycles. The van der Waals surface area contributed by atoms with Crippen molar-refractivity contribution in [1.29, 1.82) is 0 Å². The second kappa shape index (κ2) is 20.6. The lowest BCUT2D eigenvalue weighted by Crippen LogP contribution is -2.58. The number of methoxy groups -OCH3 is 1. The van der Waals surface area contributed by atoms with Gasteiger partial charge in [-0.2, -0.15) is 0 Å². The van der Waals surface area contributed by atoms with Gasteiger partial charge < -0.3 is 43.4 Å². The summed E-state index contributed by atoms with van der Waals surface area (Å²) in [6, 6.07) is 16.0. The number of benzene rings is 2. The van der Waals surface area contributed by atoms with Gasteiger partial charge in [-0.1, -0.05) is 24.3 Å². The van der Waals surface area contributed by atoms with Crippen LogP contribution >= 0.6 is 0 Å². The molecular formula is C36H53N3O11. The average Bonchev–Trinajstić information content (AvgIpc) is 3.12. The van der Waals surface area contributed by atoms with Crippen LogP contribution in [0.3, 0.4) is 0 Å². The second-order valence-corrected chi connectivity index (χ2v) is 12.8. The number of para-hydroxylation sites is 1. The summed E-state index contributed by atoms with van der Waals surface area (Å²) in [6.07, 6.45) is 3.97. The smallest absolute Gasteiger partial charge is 0.490 e. The molecule has 1 saturated heterocycles. The lowest BCUT2D eigenvalue weighted by atomic mass is 9.94. The summed E-state index contributed by atoms with van der Waals surface area (Å²) in [7, 11) is 1.72. The number of piperidine rings is 1. The Morgan fingerprint density at radius 3 is 2.52 bits per heavy atom. The van der Waals surface area contributed by atoms with Crippen LogP contribution in [0.2, 0.25) is 0 Å². The molecule has 3 unspecified atom stereocenters. The van der Waals surface area contributed by atoms with E-state index in [-0.39, 0.29) is 36.9 Å². The van der Waals surface area contributed by atoms with E-state index >= 15 is 0 Å². The Balaban J connectivity index is 1.18. The van der Waals surface area contributed by atoms with Crippen LogP contribution in [0.5, 0.6) is 11.5 Å². The molecule has 3 N–H and O–H groups in total. The zero-order valence-corrected chi connectivity index (χ0v) is 29.0. The van der Waals surface area contributed by atoms with Crippen molar-refractivity contribution < 1.29 is 53.2 Å². The van der Waals surface area contributed by atoms with Crippen molar-refractivity contribution in [1.82, 2.24) is 10.7 Å². The summed E-state index contributed by atoms with van der Waals surface area (Å²) >= 11 is 0. The van der Waals surface area contributed by atoms with Gasteiger partial charge in [0.25, 0.3) is 0 Å². The third-order valence-corrected chi connectivity index (χ3v) is 9.13. The Morgan fingerprint density at radius 2 is 1.72 bits per heavy atom. The first-order valence-electron chi connectivity index (χ1n) is 17.8. The molecule has 0 radical (unpaired) electrons. The molecule has 14 heteroatoms. The van der Waals surface area contributed by atoms with Crippen molar-refractivity contribution in [2.45, 2.75) is 88.5 Å². The fraction of sp³-hybridized carbons (Fsp3) is 0.639. The van der Waals surface area contributed by atoms with Gasteiger partial charge in [-0.25, -0.2) is 4.79 Å². The van der Waals surface area contributed by atoms with Gasteiger partial charge in [0.2, 0.25) is 0 Å². The molecule has 14 nitrogen and oxygen atoms in total.